The van der Waals surface area contributed by atoms with Crippen molar-refractivity contribution < 1.29 is 14.4 Å². The molecular weight excluding hydrogens is 336 g/mol. The highest BCUT2D eigenvalue weighted by Crippen LogP contribution is 2.28. The van der Waals surface area contributed by atoms with Crippen LogP contribution in [0.15, 0.2) is 24.4 Å². The molecule has 136 valence electrons. The molecule has 2 N–H and O–H groups in total. The van der Waals surface area contributed by atoms with Crippen LogP contribution in [0.5, 0.6) is 0 Å². The van der Waals surface area contributed by atoms with E-state index in [0.29, 0.717) is 43.2 Å². The van der Waals surface area contributed by atoms with Crippen LogP contribution in [-0.2, 0) is 16.6 Å². The van der Waals surface area contributed by atoms with Gasteiger partial charge >= 0.3 is 0 Å². The topological polar surface area (TPSA) is 98.7 Å². The van der Waals surface area contributed by atoms with Crippen LogP contribution in [0.4, 0.5) is 5.82 Å². The lowest BCUT2D eigenvalue weighted by atomic mass is 10.1. The molecule has 0 radical (unpaired) electrons. The number of hydrazine groups is 1. The molecule has 0 unspecified atom stereocenters. The molecule has 4 rings (SSSR count). The number of fused-ring (bicyclic) bond motifs is 3. The zero-order valence-corrected chi connectivity index (χ0v) is 14.7. The van der Waals surface area contributed by atoms with Crippen LogP contribution in [0, 0.1) is 0 Å². The maximum atomic E-state index is 13.0. The number of carbonyl (C=O) groups excluding carboxylic acids is 1. The monoisotopic (exact) mass is 356 g/mol. The first kappa shape index (κ1) is 16.7. The fraction of sp³-hybridized carbons (Fsp3) is 0.353. The van der Waals surface area contributed by atoms with Gasteiger partial charge < -0.3 is 10.5 Å². The van der Waals surface area contributed by atoms with Crippen LogP contribution in [0.2, 0.25) is 0 Å². The first-order valence-corrected chi connectivity index (χ1v) is 8.32. The molecule has 2 aromatic heterocycles. The predicted molar refractivity (Wildman–Crippen MR) is 96.0 cm³/mol. The van der Waals surface area contributed by atoms with E-state index in [1.54, 1.807) is 29.1 Å². The lowest BCUT2D eigenvalue weighted by Crippen LogP contribution is -2.50. The Labute approximate surface area is 149 Å². The number of pyridine rings is 1. The number of aryl methyl sites for hydroxylation is 1. The van der Waals surface area contributed by atoms with Gasteiger partial charge in [0.2, 0.25) is 0 Å². The first-order valence-electron chi connectivity index (χ1n) is 8.32. The van der Waals surface area contributed by atoms with E-state index >= 15 is 0 Å². The van der Waals surface area contributed by atoms with Crippen LogP contribution in [0.3, 0.4) is 0 Å². The number of anilines is 1. The minimum Gasteiger partial charge on any atom is -0.383 e. The molecule has 0 saturated carbocycles. The van der Waals surface area contributed by atoms with Crippen molar-refractivity contribution in [3.63, 3.8) is 0 Å². The Hall–Kier alpha value is -2.75. The smallest absolute Gasteiger partial charge is 0.292 e. The standard InChI is InChI=1S/C17H20N6O3/c1-21-15-12-9-11(3-4-14(12)20-16(18)13(15)10-19-21)17(24)23(25-2)22-5-7-26-8-6-22/h3-4,9-10H,5-8H2,1-2H3,(H2,18,20). The van der Waals surface area contributed by atoms with Gasteiger partial charge in [-0.25, -0.2) is 4.98 Å². The van der Waals surface area contributed by atoms with Crippen molar-refractivity contribution in [1.29, 1.82) is 0 Å². The summed E-state index contributed by atoms with van der Waals surface area (Å²) in [6, 6.07) is 5.32. The summed E-state index contributed by atoms with van der Waals surface area (Å²) < 4.78 is 7.07. The Bertz CT molecular complexity index is 979. The predicted octanol–water partition coefficient (Wildman–Crippen LogP) is 0.954. The molecule has 9 nitrogen and oxygen atoms in total. The van der Waals surface area contributed by atoms with Crippen molar-refractivity contribution in [1.82, 2.24) is 24.9 Å². The van der Waals surface area contributed by atoms with Crippen LogP contribution in [0.1, 0.15) is 10.4 Å². The van der Waals surface area contributed by atoms with Gasteiger partial charge in [-0.3, -0.25) is 14.3 Å². The zero-order valence-electron chi connectivity index (χ0n) is 14.7. The van der Waals surface area contributed by atoms with Gasteiger partial charge in [-0.1, -0.05) is 0 Å². The van der Waals surface area contributed by atoms with Gasteiger partial charge in [-0.2, -0.15) is 10.1 Å². The number of aromatic nitrogens is 3. The van der Waals surface area contributed by atoms with E-state index in [-0.39, 0.29) is 5.91 Å². The van der Waals surface area contributed by atoms with Gasteiger partial charge in [-0.15, -0.1) is 5.17 Å². The quantitative estimate of drug-likeness (QED) is 0.698. The van der Waals surface area contributed by atoms with Gasteiger partial charge in [0.05, 0.1) is 42.9 Å². The number of carbonyl (C=O) groups is 1. The molecule has 9 heteroatoms. The molecule has 26 heavy (non-hydrogen) atoms. The molecule has 1 fully saturated rings. The molecule has 0 aliphatic carbocycles. The first-order chi connectivity index (χ1) is 12.6. The number of ether oxygens (including phenoxy) is 1. The average Bonchev–Trinajstić information content (AvgIpc) is 3.06. The lowest BCUT2D eigenvalue weighted by molar-refractivity contribution is -0.242. The number of nitrogen functional groups attached to an aromatic ring is 1. The summed E-state index contributed by atoms with van der Waals surface area (Å²) in [4.78, 5) is 22.7. The van der Waals surface area contributed by atoms with Gasteiger partial charge in [0.1, 0.15) is 5.82 Å². The van der Waals surface area contributed by atoms with E-state index in [0.717, 1.165) is 16.3 Å². The highest BCUT2D eigenvalue weighted by molar-refractivity contribution is 6.09. The number of nitrogens with two attached hydrogens (primary N) is 1. The summed E-state index contributed by atoms with van der Waals surface area (Å²) in [5.74, 6) is 0.176. The van der Waals surface area contributed by atoms with E-state index in [4.69, 9.17) is 15.3 Å². The molecule has 0 bridgehead atoms. The normalized spacial score (nSPS) is 15.6. The molecule has 1 aliphatic rings. The lowest BCUT2D eigenvalue weighted by Gasteiger charge is -2.34. The zero-order chi connectivity index (χ0) is 18.3. The number of hydroxylamine groups is 1. The summed E-state index contributed by atoms with van der Waals surface area (Å²) in [5.41, 5.74) is 8.08. The number of rotatable bonds is 3. The molecule has 3 heterocycles. The van der Waals surface area contributed by atoms with Crippen LogP contribution in [0.25, 0.3) is 21.8 Å². The van der Waals surface area contributed by atoms with Crippen molar-refractivity contribution in [2.45, 2.75) is 0 Å². The highest BCUT2D eigenvalue weighted by Gasteiger charge is 2.25. The van der Waals surface area contributed by atoms with E-state index in [1.165, 1.54) is 12.3 Å². The summed E-state index contributed by atoms with van der Waals surface area (Å²) >= 11 is 0. The maximum Gasteiger partial charge on any atom is 0.292 e. The Balaban J connectivity index is 1.78. The van der Waals surface area contributed by atoms with Crippen molar-refractivity contribution in [2.24, 2.45) is 7.05 Å². The molecule has 1 aliphatic heterocycles. The van der Waals surface area contributed by atoms with Crippen molar-refractivity contribution in [3.05, 3.63) is 30.0 Å². The fourth-order valence-electron chi connectivity index (χ4n) is 3.26. The van der Waals surface area contributed by atoms with Crippen molar-refractivity contribution in [3.8, 4) is 0 Å². The third-order valence-electron chi connectivity index (χ3n) is 4.55. The molecule has 1 aromatic carbocycles. The molecule has 0 atom stereocenters. The summed E-state index contributed by atoms with van der Waals surface area (Å²) in [7, 11) is 3.32. The number of morpholine rings is 1. The number of amides is 1. The SMILES string of the molecule is CON(C(=O)c1ccc2nc(N)c3cnn(C)c3c2c1)N1CCOCC1. The third kappa shape index (κ3) is 2.66. The fourth-order valence-corrected chi connectivity index (χ4v) is 3.26. The second-order valence-corrected chi connectivity index (χ2v) is 6.09. The second kappa shape index (κ2) is 6.52. The van der Waals surface area contributed by atoms with E-state index in [1.807, 2.05) is 12.1 Å². The van der Waals surface area contributed by atoms with Crippen LogP contribution >= 0.6 is 0 Å². The van der Waals surface area contributed by atoms with Gasteiger partial charge in [0, 0.05) is 31.1 Å². The van der Waals surface area contributed by atoms with Crippen LogP contribution in [-0.4, -0.2) is 64.3 Å². The summed E-state index contributed by atoms with van der Waals surface area (Å²) in [5, 5.41) is 8.96. The molecule has 3 aromatic rings. The number of benzene rings is 1. The van der Waals surface area contributed by atoms with Gasteiger partial charge in [0.25, 0.3) is 5.91 Å². The third-order valence-corrected chi connectivity index (χ3v) is 4.55. The molecule has 1 saturated heterocycles. The Morgan fingerprint density at radius 3 is 2.81 bits per heavy atom. The second-order valence-electron chi connectivity index (χ2n) is 6.09. The number of hydrogen-bond acceptors (Lipinski definition) is 7. The van der Waals surface area contributed by atoms with Crippen LogP contribution < -0.4 is 5.73 Å². The average molecular weight is 356 g/mol. The highest BCUT2D eigenvalue weighted by atomic mass is 16.7. The summed E-state index contributed by atoms with van der Waals surface area (Å²) in [6.07, 6.45) is 1.68. The number of hydrogen-bond donors (Lipinski definition) is 1. The Kier molecular flexibility index (Phi) is 4.19. The molecule has 1 amide bonds. The van der Waals surface area contributed by atoms with Crippen molar-refractivity contribution in [2.75, 3.05) is 39.1 Å². The van der Waals surface area contributed by atoms with Gasteiger partial charge in [-0.05, 0) is 18.2 Å². The van der Waals surface area contributed by atoms with E-state index < -0.39 is 0 Å². The summed E-state index contributed by atoms with van der Waals surface area (Å²) in [6.45, 7) is 2.31. The Morgan fingerprint density at radius 1 is 1.31 bits per heavy atom. The number of nitrogens with zero attached hydrogens (tertiary/aromatic N) is 5. The Morgan fingerprint density at radius 2 is 2.08 bits per heavy atom. The van der Waals surface area contributed by atoms with Gasteiger partial charge in [0.15, 0.2) is 0 Å². The van der Waals surface area contributed by atoms with Crippen molar-refractivity contribution >= 4 is 33.5 Å². The minimum absolute atomic E-state index is 0.247. The minimum atomic E-state index is -0.247. The molecule has 0 spiro atoms. The van der Waals surface area contributed by atoms with E-state index in [9.17, 15) is 4.79 Å². The maximum absolute atomic E-state index is 13.0. The van der Waals surface area contributed by atoms with E-state index in [2.05, 4.69) is 10.1 Å². The largest absolute Gasteiger partial charge is 0.383 e. The molecular formula is C17H20N6O3.